The first kappa shape index (κ1) is 13.2. The fourth-order valence-corrected chi connectivity index (χ4v) is 3.04. The minimum atomic E-state index is 0.161. The van der Waals surface area contributed by atoms with Crippen molar-refractivity contribution in [3.8, 4) is 0 Å². The predicted molar refractivity (Wildman–Crippen MR) is 87.0 cm³/mol. The maximum Gasteiger partial charge on any atom is 0.196 e. The van der Waals surface area contributed by atoms with Gasteiger partial charge in [-0.2, -0.15) is 0 Å². The first-order valence-corrected chi connectivity index (χ1v) is 7.36. The molecule has 0 aromatic heterocycles. The van der Waals surface area contributed by atoms with Gasteiger partial charge in [-0.05, 0) is 40.5 Å². The lowest BCUT2D eigenvalue weighted by atomic mass is 10.0. The minimum Gasteiger partial charge on any atom is -0.369 e. The van der Waals surface area contributed by atoms with E-state index in [0.29, 0.717) is 12.5 Å². The Morgan fingerprint density at radius 1 is 1.20 bits per heavy atom. The van der Waals surface area contributed by atoms with Crippen LogP contribution in [0.3, 0.4) is 0 Å². The molecular weight excluding hydrogens is 314 g/mol. The molecule has 1 heterocycles. The molecule has 0 saturated carbocycles. The van der Waals surface area contributed by atoms with Gasteiger partial charge < -0.3 is 10.6 Å². The number of benzene rings is 2. The predicted octanol–water partition coefficient (Wildman–Crippen LogP) is 3.63. The molecule has 0 aliphatic carbocycles. The topological polar surface area (TPSA) is 41.6 Å². The summed E-state index contributed by atoms with van der Waals surface area (Å²) in [5.41, 5.74) is 9.64. The molecule has 2 aromatic rings. The van der Waals surface area contributed by atoms with Crippen molar-refractivity contribution in [2.45, 2.75) is 13.0 Å². The molecule has 0 saturated heterocycles. The number of rotatable bonds is 2. The highest BCUT2D eigenvalue weighted by molar-refractivity contribution is 9.10. The van der Waals surface area contributed by atoms with E-state index in [-0.39, 0.29) is 6.04 Å². The molecule has 0 fully saturated rings. The number of aliphatic imine (C=N–C) groups is 1. The molecule has 0 radical (unpaired) electrons. The monoisotopic (exact) mass is 329 g/mol. The Kier molecular flexibility index (Phi) is 3.49. The van der Waals surface area contributed by atoms with Crippen molar-refractivity contribution in [3.63, 3.8) is 0 Å². The zero-order valence-electron chi connectivity index (χ0n) is 11.3. The van der Waals surface area contributed by atoms with Crippen LogP contribution in [0.1, 0.15) is 17.2 Å². The number of hydrogen-bond acceptors (Lipinski definition) is 3. The number of aryl methyl sites for hydroxylation is 1. The van der Waals surface area contributed by atoms with Gasteiger partial charge in [-0.25, -0.2) is 0 Å². The molecule has 1 aliphatic rings. The van der Waals surface area contributed by atoms with E-state index in [2.05, 4.69) is 63.1 Å². The summed E-state index contributed by atoms with van der Waals surface area (Å²) in [6, 6.07) is 16.8. The lowest BCUT2D eigenvalue weighted by Crippen LogP contribution is -2.36. The molecule has 1 unspecified atom stereocenters. The molecule has 20 heavy (non-hydrogen) atoms. The molecule has 0 bridgehead atoms. The molecule has 1 aliphatic heterocycles. The second-order valence-corrected chi connectivity index (χ2v) is 5.80. The first-order valence-electron chi connectivity index (χ1n) is 6.57. The summed E-state index contributed by atoms with van der Waals surface area (Å²) in [5, 5.41) is 0. The highest BCUT2D eigenvalue weighted by Gasteiger charge is 2.29. The van der Waals surface area contributed by atoms with E-state index in [9.17, 15) is 0 Å². The van der Waals surface area contributed by atoms with Crippen molar-refractivity contribution < 1.29 is 0 Å². The minimum absolute atomic E-state index is 0.161. The van der Waals surface area contributed by atoms with Gasteiger partial charge in [-0.15, -0.1) is 0 Å². The fourth-order valence-electron chi connectivity index (χ4n) is 2.57. The number of halogens is 1. The maximum atomic E-state index is 6.10. The van der Waals surface area contributed by atoms with Gasteiger partial charge in [0.05, 0.1) is 18.3 Å². The van der Waals surface area contributed by atoms with Crippen LogP contribution in [-0.4, -0.2) is 12.5 Å². The zero-order chi connectivity index (χ0) is 14.1. The highest BCUT2D eigenvalue weighted by atomic mass is 79.9. The molecule has 0 spiro atoms. The molecule has 2 aromatic carbocycles. The number of anilines is 1. The van der Waals surface area contributed by atoms with E-state index in [1.165, 1.54) is 11.1 Å². The second kappa shape index (κ2) is 5.29. The molecular formula is C16H16BrN3. The highest BCUT2D eigenvalue weighted by Crippen LogP contribution is 2.35. The van der Waals surface area contributed by atoms with Gasteiger partial charge >= 0.3 is 0 Å². The summed E-state index contributed by atoms with van der Waals surface area (Å²) in [6.45, 7) is 2.79. The smallest absolute Gasteiger partial charge is 0.196 e. The summed E-state index contributed by atoms with van der Waals surface area (Å²) < 4.78 is 1.03. The van der Waals surface area contributed by atoms with E-state index >= 15 is 0 Å². The molecule has 102 valence electrons. The van der Waals surface area contributed by atoms with Gasteiger partial charge in [-0.1, -0.05) is 42.0 Å². The standard InChI is InChI=1S/C16H16BrN3/c1-11-5-4-6-12(9-11)15-10-19-16(18)20(15)14-8-3-2-7-13(14)17/h2-9,15H,10H2,1H3,(H2,18,19). The Morgan fingerprint density at radius 3 is 2.75 bits per heavy atom. The lowest BCUT2D eigenvalue weighted by molar-refractivity contribution is 0.767. The Bertz CT molecular complexity index is 666. The van der Waals surface area contributed by atoms with Crippen LogP contribution in [0.2, 0.25) is 0 Å². The summed E-state index contributed by atoms with van der Waals surface area (Å²) >= 11 is 3.60. The maximum absolute atomic E-state index is 6.10. The zero-order valence-corrected chi connectivity index (χ0v) is 12.8. The van der Waals surface area contributed by atoms with Crippen LogP contribution in [0, 0.1) is 6.92 Å². The largest absolute Gasteiger partial charge is 0.369 e. The van der Waals surface area contributed by atoms with Gasteiger partial charge in [0, 0.05) is 4.47 Å². The first-order chi connectivity index (χ1) is 9.66. The third kappa shape index (κ3) is 2.31. The summed E-state index contributed by atoms with van der Waals surface area (Å²) in [6.07, 6.45) is 0. The van der Waals surface area contributed by atoms with Crippen molar-refractivity contribution in [3.05, 3.63) is 64.1 Å². The van der Waals surface area contributed by atoms with Gasteiger partial charge in [0.15, 0.2) is 5.96 Å². The van der Waals surface area contributed by atoms with E-state index in [1.807, 2.05) is 18.2 Å². The number of para-hydroxylation sites is 1. The third-order valence-corrected chi connectivity index (χ3v) is 4.19. The van der Waals surface area contributed by atoms with Crippen molar-refractivity contribution in [1.29, 1.82) is 0 Å². The van der Waals surface area contributed by atoms with Crippen LogP contribution in [0.4, 0.5) is 5.69 Å². The van der Waals surface area contributed by atoms with Crippen LogP contribution in [0.5, 0.6) is 0 Å². The van der Waals surface area contributed by atoms with Crippen molar-refractivity contribution >= 4 is 27.6 Å². The average molecular weight is 330 g/mol. The van der Waals surface area contributed by atoms with E-state index in [0.717, 1.165) is 10.2 Å². The number of guanidine groups is 1. The van der Waals surface area contributed by atoms with Crippen molar-refractivity contribution in [2.24, 2.45) is 10.7 Å². The normalized spacial score (nSPS) is 18.2. The van der Waals surface area contributed by atoms with Crippen LogP contribution >= 0.6 is 15.9 Å². The van der Waals surface area contributed by atoms with Crippen LogP contribution < -0.4 is 10.6 Å². The van der Waals surface area contributed by atoms with Crippen LogP contribution in [0.25, 0.3) is 0 Å². The fraction of sp³-hybridized carbons (Fsp3) is 0.188. The molecule has 3 nitrogen and oxygen atoms in total. The average Bonchev–Trinajstić information content (AvgIpc) is 2.81. The van der Waals surface area contributed by atoms with E-state index in [1.54, 1.807) is 0 Å². The molecule has 0 amide bonds. The number of hydrogen-bond donors (Lipinski definition) is 1. The van der Waals surface area contributed by atoms with Gasteiger partial charge in [0.25, 0.3) is 0 Å². The Labute approximate surface area is 127 Å². The second-order valence-electron chi connectivity index (χ2n) is 4.95. The van der Waals surface area contributed by atoms with Crippen molar-refractivity contribution in [2.75, 3.05) is 11.4 Å². The molecule has 2 N–H and O–H groups in total. The Balaban J connectivity index is 2.03. The van der Waals surface area contributed by atoms with E-state index < -0.39 is 0 Å². The van der Waals surface area contributed by atoms with E-state index in [4.69, 9.17) is 5.73 Å². The van der Waals surface area contributed by atoms with Crippen LogP contribution in [0.15, 0.2) is 58.0 Å². The Morgan fingerprint density at radius 2 is 2.00 bits per heavy atom. The van der Waals surface area contributed by atoms with Crippen LogP contribution in [-0.2, 0) is 0 Å². The van der Waals surface area contributed by atoms with Gasteiger partial charge in [0.2, 0.25) is 0 Å². The molecule has 1 atom stereocenters. The third-order valence-electron chi connectivity index (χ3n) is 3.52. The summed E-state index contributed by atoms with van der Waals surface area (Å²) in [7, 11) is 0. The van der Waals surface area contributed by atoms with Gasteiger partial charge in [-0.3, -0.25) is 4.99 Å². The SMILES string of the molecule is Cc1cccc(C2CN=C(N)N2c2ccccc2Br)c1. The van der Waals surface area contributed by atoms with Crippen molar-refractivity contribution in [1.82, 2.24) is 0 Å². The number of nitrogens with zero attached hydrogens (tertiary/aromatic N) is 2. The lowest BCUT2D eigenvalue weighted by Gasteiger charge is -2.27. The van der Waals surface area contributed by atoms with Gasteiger partial charge in [0.1, 0.15) is 0 Å². The Hall–Kier alpha value is -1.81. The summed E-state index contributed by atoms with van der Waals surface area (Å²) in [5.74, 6) is 0.573. The molecule has 4 heteroatoms. The molecule has 3 rings (SSSR count). The summed E-state index contributed by atoms with van der Waals surface area (Å²) in [4.78, 5) is 6.52. The number of nitrogens with two attached hydrogens (primary N) is 1. The quantitative estimate of drug-likeness (QED) is 0.913.